The summed E-state index contributed by atoms with van der Waals surface area (Å²) in [6.45, 7) is 6.39. The minimum Gasteiger partial charge on any atom is -0.371 e. The molecule has 0 radical (unpaired) electrons. The molecule has 0 fully saturated rings. The molecule has 0 aliphatic carbocycles. The molecule has 78 valence electrons. The van der Waals surface area contributed by atoms with Crippen LogP contribution in [0.25, 0.3) is 6.08 Å². The lowest BCUT2D eigenvalue weighted by Gasteiger charge is -2.37. The predicted octanol–water partition coefficient (Wildman–Crippen LogP) is 3.03. The Morgan fingerprint density at radius 1 is 1.07 bits per heavy atom. The first-order valence-electron chi connectivity index (χ1n) is 5.91. The van der Waals surface area contributed by atoms with Crippen molar-refractivity contribution in [2.45, 2.75) is 25.7 Å². The highest BCUT2D eigenvalue weighted by Gasteiger charge is 2.23. The Morgan fingerprint density at radius 2 is 1.67 bits per heavy atom. The number of rotatable bonds is 1. The first-order valence-corrected chi connectivity index (χ1v) is 5.91. The second kappa shape index (κ2) is 3.41. The molecule has 0 saturated heterocycles. The van der Waals surface area contributed by atoms with E-state index in [1.54, 1.807) is 16.8 Å². The Morgan fingerprint density at radius 3 is 2.20 bits per heavy atom. The molecule has 0 amide bonds. The number of hydrogen-bond donors (Lipinski definition) is 0. The largest absolute Gasteiger partial charge is 0.371 e. The number of benzene rings is 1. The van der Waals surface area contributed by atoms with Crippen LogP contribution in [0.4, 0.5) is 5.69 Å². The van der Waals surface area contributed by atoms with Crippen molar-refractivity contribution in [3.63, 3.8) is 0 Å². The number of nitrogens with zero attached hydrogens (tertiary/aromatic N) is 1. The molecule has 3 rings (SSSR count). The van der Waals surface area contributed by atoms with Gasteiger partial charge in [-0.15, -0.1) is 0 Å². The van der Waals surface area contributed by atoms with E-state index in [0.29, 0.717) is 0 Å². The Hall–Kier alpha value is -1.24. The smallest absolute Gasteiger partial charge is 0.0431 e. The van der Waals surface area contributed by atoms with Crippen molar-refractivity contribution in [3.05, 3.63) is 35.4 Å². The van der Waals surface area contributed by atoms with Gasteiger partial charge in [0, 0.05) is 18.8 Å². The molecule has 1 aromatic rings. The molecule has 15 heavy (non-hydrogen) atoms. The van der Waals surface area contributed by atoms with Crippen LogP contribution in [0, 0.1) is 0 Å². The summed E-state index contributed by atoms with van der Waals surface area (Å²) in [6.07, 6.45) is 7.10. The van der Waals surface area contributed by atoms with Crippen LogP contribution >= 0.6 is 0 Å². The predicted molar refractivity (Wildman–Crippen MR) is 65.4 cm³/mol. The second-order valence-corrected chi connectivity index (χ2v) is 4.59. The summed E-state index contributed by atoms with van der Waals surface area (Å²) < 4.78 is 0. The van der Waals surface area contributed by atoms with Crippen molar-refractivity contribution in [1.29, 1.82) is 0 Å². The third kappa shape index (κ3) is 1.38. The SMILES string of the molecule is C=Cc1cc2c3c(c1)CCCN3CCC2. The summed E-state index contributed by atoms with van der Waals surface area (Å²) in [5.74, 6) is 0. The Kier molecular flexibility index (Phi) is 2.05. The molecule has 1 nitrogen and oxygen atoms in total. The zero-order chi connectivity index (χ0) is 10.3. The van der Waals surface area contributed by atoms with Gasteiger partial charge in [-0.2, -0.15) is 0 Å². The van der Waals surface area contributed by atoms with Gasteiger partial charge in [-0.3, -0.25) is 0 Å². The van der Waals surface area contributed by atoms with E-state index in [1.807, 2.05) is 6.08 Å². The summed E-state index contributed by atoms with van der Waals surface area (Å²) in [4.78, 5) is 2.57. The Labute approximate surface area is 91.4 Å². The van der Waals surface area contributed by atoms with E-state index in [-0.39, 0.29) is 0 Å². The maximum Gasteiger partial charge on any atom is 0.0431 e. The average molecular weight is 199 g/mol. The van der Waals surface area contributed by atoms with Crippen molar-refractivity contribution in [1.82, 2.24) is 0 Å². The molecule has 0 unspecified atom stereocenters. The standard InChI is InChI=1S/C14H17N/c1-2-11-9-12-5-3-7-15-8-4-6-13(10-11)14(12)15/h2,9-10H,1,3-8H2. The molecule has 1 aromatic carbocycles. The van der Waals surface area contributed by atoms with Crippen molar-refractivity contribution >= 4 is 11.8 Å². The van der Waals surface area contributed by atoms with Crippen LogP contribution in [0.5, 0.6) is 0 Å². The second-order valence-electron chi connectivity index (χ2n) is 4.59. The van der Waals surface area contributed by atoms with Crippen molar-refractivity contribution in [3.8, 4) is 0 Å². The van der Waals surface area contributed by atoms with Gasteiger partial charge in [0.15, 0.2) is 0 Å². The highest BCUT2D eigenvalue weighted by Crippen LogP contribution is 2.36. The van der Waals surface area contributed by atoms with Gasteiger partial charge in [0.25, 0.3) is 0 Å². The van der Waals surface area contributed by atoms with Gasteiger partial charge < -0.3 is 4.90 Å². The molecule has 2 heterocycles. The number of hydrogen-bond acceptors (Lipinski definition) is 1. The third-order valence-electron chi connectivity index (χ3n) is 3.59. The third-order valence-corrected chi connectivity index (χ3v) is 3.59. The van der Waals surface area contributed by atoms with Gasteiger partial charge in [-0.1, -0.05) is 12.7 Å². The first kappa shape index (κ1) is 9.02. The van der Waals surface area contributed by atoms with Crippen LogP contribution in [0.2, 0.25) is 0 Å². The van der Waals surface area contributed by atoms with Crippen LogP contribution in [0.3, 0.4) is 0 Å². The fourth-order valence-corrected chi connectivity index (χ4v) is 2.95. The number of aryl methyl sites for hydroxylation is 2. The van der Waals surface area contributed by atoms with E-state index in [4.69, 9.17) is 0 Å². The normalized spacial score (nSPS) is 18.5. The minimum absolute atomic E-state index is 1.25. The zero-order valence-electron chi connectivity index (χ0n) is 9.13. The van der Waals surface area contributed by atoms with Crippen molar-refractivity contribution in [2.24, 2.45) is 0 Å². The lowest BCUT2D eigenvalue weighted by Crippen LogP contribution is -2.34. The molecule has 1 heteroatoms. The van der Waals surface area contributed by atoms with E-state index >= 15 is 0 Å². The van der Waals surface area contributed by atoms with Gasteiger partial charge in [0.1, 0.15) is 0 Å². The van der Waals surface area contributed by atoms with Crippen LogP contribution in [0.15, 0.2) is 18.7 Å². The van der Waals surface area contributed by atoms with Gasteiger partial charge in [0.2, 0.25) is 0 Å². The summed E-state index contributed by atoms with van der Waals surface area (Å²) >= 11 is 0. The van der Waals surface area contributed by atoms with Gasteiger partial charge in [0.05, 0.1) is 0 Å². The average Bonchev–Trinajstić information content (AvgIpc) is 2.29. The minimum atomic E-state index is 1.25. The monoisotopic (exact) mass is 199 g/mol. The van der Waals surface area contributed by atoms with E-state index in [0.717, 1.165) is 0 Å². The zero-order valence-corrected chi connectivity index (χ0v) is 9.13. The topological polar surface area (TPSA) is 3.24 Å². The lowest BCUT2D eigenvalue weighted by molar-refractivity contribution is 0.634. The van der Waals surface area contributed by atoms with Crippen LogP contribution in [-0.4, -0.2) is 13.1 Å². The lowest BCUT2D eigenvalue weighted by atomic mass is 9.90. The quantitative estimate of drug-likeness (QED) is 0.672. The molecule has 0 N–H and O–H groups in total. The highest BCUT2D eigenvalue weighted by atomic mass is 15.1. The van der Waals surface area contributed by atoms with Gasteiger partial charge in [-0.05, 0) is 54.5 Å². The fourth-order valence-electron chi connectivity index (χ4n) is 2.95. The van der Waals surface area contributed by atoms with Gasteiger partial charge >= 0.3 is 0 Å². The summed E-state index contributed by atoms with van der Waals surface area (Å²) in [5.41, 5.74) is 5.95. The van der Waals surface area contributed by atoms with Crippen LogP contribution in [0.1, 0.15) is 29.5 Å². The Bertz CT molecular complexity index is 375. The maximum absolute atomic E-state index is 3.88. The molecule has 2 aliphatic rings. The molecule has 0 bridgehead atoms. The molecule has 0 atom stereocenters. The summed E-state index contributed by atoms with van der Waals surface area (Å²) in [6, 6.07) is 4.65. The molecule has 2 aliphatic heterocycles. The summed E-state index contributed by atoms with van der Waals surface area (Å²) in [7, 11) is 0. The van der Waals surface area contributed by atoms with E-state index in [9.17, 15) is 0 Å². The van der Waals surface area contributed by atoms with Crippen molar-refractivity contribution in [2.75, 3.05) is 18.0 Å². The highest BCUT2D eigenvalue weighted by molar-refractivity contribution is 5.67. The molecular formula is C14H17N. The number of anilines is 1. The molecule has 0 aromatic heterocycles. The van der Waals surface area contributed by atoms with Crippen LogP contribution < -0.4 is 4.90 Å². The molecular weight excluding hydrogens is 182 g/mol. The maximum atomic E-state index is 3.88. The van der Waals surface area contributed by atoms with E-state index in [1.165, 1.54) is 44.3 Å². The van der Waals surface area contributed by atoms with E-state index in [2.05, 4.69) is 23.6 Å². The summed E-state index contributed by atoms with van der Waals surface area (Å²) in [5, 5.41) is 0. The first-order chi connectivity index (χ1) is 7.38. The van der Waals surface area contributed by atoms with Crippen molar-refractivity contribution < 1.29 is 0 Å². The molecule has 0 saturated carbocycles. The van der Waals surface area contributed by atoms with Crippen LogP contribution in [-0.2, 0) is 12.8 Å². The fraction of sp³-hybridized carbons (Fsp3) is 0.429. The van der Waals surface area contributed by atoms with Gasteiger partial charge in [-0.25, -0.2) is 0 Å². The Balaban J connectivity index is 2.19. The molecule has 0 spiro atoms. The van der Waals surface area contributed by atoms with E-state index < -0.39 is 0 Å².